The van der Waals surface area contributed by atoms with Crippen molar-refractivity contribution in [3.8, 4) is 0 Å². The molecule has 1 heterocycles. The fourth-order valence-electron chi connectivity index (χ4n) is 1.26. The van der Waals surface area contributed by atoms with Gasteiger partial charge >= 0.3 is 0 Å². The van der Waals surface area contributed by atoms with Crippen molar-refractivity contribution in [2.45, 2.75) is 0 Å². The van der Waals surface area contributed by atoms with E-state index < -0.39 is 11.7 Å². The van der Waals surface area contributed by atoms with Crippen LogP contribution in [0.3, 0.4) is 0 Å². The van der Waals surface area contributed by atoms with Gasteiger partial charge in [0.05, 0.1) is 5.56 Å². The van der Waals surface area contributed by atoms with Crippen LogP contribution in [-0.2, 0) is 0 Å². The van der Waals surface area contributed by atoms with Gasteiger partial charge in [0, 0.05) is 17.4 Å². The number of amides is 1. The number of carbonyl (C=O) groups is 1. The van der Waals surface area contributed by atoms with Gasteiger partial charge in [-0.15, -0.1) is 0 Å². The topological polar surface area (TPSA) is 34.0 Å². The zero-order chi connectivity index (χ0) is 11.5. The van der Waals surface area contributed by atoms with Crippen LogP contribution in [-0.4, -0.2) is 10.6 Å². The summed E-state index contributed by atoms with van der Waals surface area (Å²) < 4.78 is 14.8. The lowest BCUT2D eigenvalue weighted by Crippen LogP contribution is -2.22. The molecule has 0 radical (unpaired) electrons. The Kier molecular flexibility index (Phi) is 2.92. The number of nitrogens with zero attached hydrogens (tertiary/aromatic N) is 1. The summed E-state index contributed by atoms with van der Waals surface area (Å²) in [5.74, 6) is -1.15. The average Bonchev–Trinajstić information content (AvgIpc) is 2.74. The lowest BCUT2D eigenvalue weighted by Gasteiger charge is -2.06. The number of halogens is 2. The molecule has 0 saturated heterocycles. The van der Waals surface area contributed by atoms with E-state index in [1.807, 2.05) is 0 Å². The molecule has 0 aliphatic carbocycles. The van der Waals surface area contributed by atoms with Crippen LogP contribution < -0.4 is 5.43 Å². The molecule has 2 aromatic rings. The molecule has 82 valence electrons. The van der Waals surface area contributed by atoms with Crippen molar-refractivity contribution in [2.75, 3.05) is 5.43 Å². The Hall–Kier alpha value is -1.81. The van der Waals surface area contributed by atoms with Crippen molar-refractivity contribution in [2.24, 2.45) is 0 Å². The maximum atomic E-state index is 13.3. The van der Waals surface area contributed by atoms with Gasteiger partial charge in [-0.1, -0.05) is 11.6 Å². The number of rotatable bonds is 2. The van der Waals surface area contributed by atoms with Crippen molar-refractivity contribution < 1.29 is 9.18 Å². The molecule has 1 N–H and O–H groups in total. The maximum absolute atomic E-state index is 13.3. The van der Waals surface area contributed by atoms with Crippen molar-refractivity contribution in [1.29, 1.82) is 0 Å². The minimum absolute atomic E-state index is 0.0822. The summed E-state index contributed by atoms with van der Waals surface area (Å²) >= 11 is 5.69. The molecule has 5 heteroatoms. The van der Waals surface area contributed by atoms with E-state index in [9.17, 15) is 9.18 Å². The van der Waals surface area contributed by atoms with E-state index in [1.165, 1.54) is 16.8 Å². The zero-order valence-electron chi connectivity index (χ0n) is 8.15. The summed E-state index contributed by atoms with van der Waals surface area (Å²) in [5.41, 5.74) is 2.40. The predicted octanol–water partition coefficient (Wildman–Crippen LogP) is 2.66. The molecule has 0 bridgehead atoms. The Morgan fingerprint density at radius 1 is 1.31 bits per heavy atom. The maximum Gasteiger partial charge on any atom is 0.273 e. The van der Waals surface area contributed by atoms with Crippen molar-refractivity contribution >= 4 is 17.5 Å². The molecule has 3 nitrogen and oxygen atoms in total. The number of hydrogen-bond acceptors (Lipinski definition) is 1. The van der Waals surface area contributed by atoms with E-state index in [0.29, 0.717) is 5.02 Å². The minimum atomic E-state index is -0.603. The molecule has 0 spiro atoms. The molecule has 2 rings (SSSR count). The molecule has 0 atom stereocenters. The number of carbonyl (C=O) groups excluding carboxylic acids is 1. The van der Waals surface area contributed by atoms with Gasteiger partial charge in [0.15, 0.2) is 0 Å². The van der Waals surface area contributed by atoms with Crippen LogP contribution in [0.4, 0.5) is 4.39 Å². The highest BCUT2D eigenvalue weighted by Gasteiger charge is 2.11. The Balaban J connectivity index is 2.24. The Morgan fingerprint density at radius 3 is 2.69 bits per heavy atom. The van der Waals surface area contributed by atoms with Crippen LogP contribution in [0.2, 0.25) is 5.02 Å². The standard InChI is InChI=1S/C11H8ClFN2O/c12-8-3-4-10(13)9(7-8)11(16)14-15-5-1-2-6-15/h1-7H,(H,14,16). The largest absolute Gasteiger partial charge is 0.273 e. The zero-order valence-corrected chi connectivity index (χ0v) is 8.91. The Labute approximate surface area is 96.4 Å². The lowest BCUT2D eigenvalue weighted by atomic mass is 10.2. The van der Waals surface area contributed by atoms with Gasteiger partial charge in [-0.3, -0.25) is 14.9 Å². The SMILES string of the molecule is O=C(Nn1cccc1)c1cc(Cl)ccc1F. The number of benzene rings is 1. The summed E-state index contributed by atoms with van der Waals surface area (Å²) in [6.07, 6.45) is 3.28. The van der Waals surface area contributed by atoms with Gasteiger partial charge in [-0.05, 0) is 30.3 Å². The van der Waals surface area contributed by atoms with E-state index in [-0.39, 0.29) is 5.56 Å². The second-order valence-electron chi connectivity index (χ2n) is 3.16. The van der Waals surface area contributed by atoms with Gasteiger partial charge < -0.3 is 0 Å². The molecular weight excluding hydrogens is 231 g/mol. The summed E-state index contributed by atoms with van der Waals surface area (Å²) in [7, 11) is 0. The number of nitrogens with one attached hydrogen (secondary N) is 1. The van der Waals surface area contributed by atoms with Crippen molar-refractivity contribution in [3.63, 3.8) is 0 Å². The highest BCUT2D eigenvalue weighted by Crippen LogP contribution is 2.14. The second-order valence-corrected chi connectivity index (χ2v) is 3.59. The fourth-order valence-corrected chi connectivity index (χ4v) is 1.43. The van der Waals surface area contributed by atoms with Gasteiger partial charge in [-0.25, -0.2) is 4.39 Å². The lowest BCUT2D eigenvalue weighted by molar-refractivity contribution is 0.100. The third kappa shape index (κ3) is 2.23. The van der Waals surface area contributed by atoms with Gasteiger partial charge in [0.25, 0.3) is 5.91 Å². The molecule has 0 saturated carbocycles. The molecule has 0 fully saturated rings. The third-order valence-electron chi connectivity index (χ3n) is 2.01. The smallest absolute Gasteiger partial charge is 0.268 e. The van der Waals surface area contributed by atoms with Gasteiger partial charge in [0.1, 0.15) is 5.82 Å². The molecular formula is C11H8ClFN2O. The molecule has 0 aliphatic heterocycles. The van der Waals surface area contributed by atoms with E-state index in [1.54, 1.807) is 24.5 Å². The highest BCUT2D eigenvalue weighted by atomic mass is 35.5. The van der Waals surface area contributed by atoms with Gasteiger partial charge in [-0.2, -0.15) is 0 Å². The number of hydrogen-bond donors (Lipinski definition) is 1. The van der Waals surface area contributed by atoms with E-state index in [0.717, 1.165) is 6.07 Å². The van der Waals surface area contributed by atoms with Crippen LogP contribution in [0, 0.1) is 5.82 Å². The summed E-state index contributed by atoms with van der Waals surface area (Å²) in [5, 5.41) is 0.319. The normalized spacial score (nSPS) is 10.1. The summed E-state index contributed by atoms with van der Waals surface area (Å²) in [4.78, 5) is 11.7. The first-order valence-electron chi connectivity index (χ1n) is 4.56. The van der Waals surface area contributed by atoms with Crippen LogP contribution >= 0.6 is 11.6 Å². The minimum Gasteiger partial charge on any atom is -0.268 e. The monoisotopic (exact) mass is 238 g/mol. The van der Waals surface area contributed by atoms with Crippen LogP contribution in [0.5, 0.6) is 0 Å². The van der Waals surface area contributed by atoms with Crippen LogP contribution in [0.25, 0.3) is 0 Å². The van der Waals surface area contributed by atoms with Gasteiger partial charge in [0.2, 0.25) is 0 Å². The fraction of sp³-hybridized carbons (Fsp3) is 0. The molecule has 0 aliphatic rings. The van der Waals surface area contributed by atoms with E-state index >= 15 is 0 Å². The van der Waals surface area contributed by atoms with E-state index in [4.69, 9.17) is 11.6 Å². The molecule has 0 unspecified atom stereocenters. The molecule has 1 amide bonds. The Morgan fingerprint density at radius 2 is 2.00 bits per heavy atom. The van der Waals surface area contributed by atoms with Crippen LogP contribution in [0.1, 0.15) is 10.4 Å². The summed E-state index contributed by atoms with van der Waals surface area (Å²) in [6.45, 7) is 0. The number of aromatic nitrogens is 1. The summed E-state index contributed by atoms with van der Waals surface area (Å²) in [6, 6.07) is 7.33. The van der Waals surface area contributed by atoms with Crippen molar-refractivity contribution in [3.05, 3.63) is 59.1 Å². The van der Waals surface area contributed by atoms with Crippen molar-refractivity contribution in [1.82, 2.24) is 4.68 Å². The molecule has 1 aromatic carbocycles. The third-order valence-corrected chi connectivity index (χ3v) is 2.24. The first-order chi connectivity index (χ1) is 7.66. The van der Waals surface area contributed by atoms with Crippen LogP contribution in [0.15, 0.2) is 42.7 Å². The quantitative estimate of drug-likeness (QED) is 0.858. The first kappa shape index (κ1) is 10.7. The predicted molar refractivity (Wildman–Crippen MR) is 59.5 cm³/mol. The molecule has 1 aromatic heterocycles. The van der Waals surface area contributed by atoms with E-state index in [2.05, 4.69) is 5.43 Å². The second kappa shape index (κ2) is 4.37. The Bertz CT molecular complexity index is 511. The molecule has 16 heavy (non-hydrogen) atoms. The highest BCUT2D eigenvalue weighted by molar-refractivity contribution is 6.31. The first-order valence-corrected chi connectivity index (χ1v) is 4.94. The average molecular weight is 239 g/mol.